The van der Waals surface area contributed by atoms with Gasteiger partial charge in [-0.15, -0.1) is 0 Å². The molecule has 0 unspecified atom stereocenters. The SMILES string of the molecule is COc1ccc(C[C@@H](CNC(=O)C[C@H](c2cccnc2)C2(C(F)(F)F)CC2)N(C)C)c(Cl)c1F. The molecule has 2 atom stereocenters. The van der Waals surface area contributed by atoms with Crippen molar-refractivity contribution in [1.82, 2.24) is 15.2 Å². The Morgan fingerprint density at radius 1 is 1.29 bits per heavy atom. The lowest BCUT2D eigenvalue weighted by atomic mass is 9.80. The first-order valence-electron chi connectivity index (χ1n) is 10.9. The summed E-state index contributed by atoms with van der Waals surface area (Å²) in [5.41, 5.74) is -0.963. The van der Waals surface area contributed by atoms with Crippen molar-refractivity contribution in [3.8, 4) is 5.75 Å². The molecule has 1 heterocycles. The number of carbonyl (C=O) groups is 1. The molecular weight excluding hydrogens is 474 g/mol. The summed E-state index contributed by atoms with van der Waals surface area (Å²) in [7, 11) is 4.94. The molecule has 1 aromatic heterocycles. The van der Waals surface area contributed by atoms with E-state index in [2.05, 4.69) is 10.3 Å². The number of carbonyl (C=O) groups excluding carboxylic acids is 1. The van der Waals surface area contributed by atoms with Gasteiger partial charge in [-0.05, 0) is 56.6 Å². The third-order valence-corrected chi connectivity index (χ3v) is 6.97. The van der Waals surface area contributed by atoms with Crippen LogP contribution in [0.5, 0.6) is 5.75 Å². The summed E-state index contributed by atoms with van der Waals surface area (Å²) in [4.78, 5) is 18.6. The number of rotatable bonds is 10. The van der Waals surface area contributed by atoms with Gasteiger partial charge in [-0.3, -0.25) is 9.78 Å². The molecule has 34 heavy (non-hydrogen) atoms. The molecule has 186 valence electrons. The number of methoxy groups -OCH3 is 1. The van der Waals surface area contributed by atoms with Gasteiger partial charge in [0.15, 0.2) is 11.6 Å². The molecule has 1 saturated carbocycles. The highest BCUT2D eigenvalue weighted by molar-refractivity contribution is 6.31. The fourth-order valence-corrected chi connectivity index (χ4v) is 4.48. The van der Waals surface area contributed by atoms with Crippen molar-refractivity contribution >= 4 is 17.5 Å². The molecule has 2 aromatic rings. The average Bonchev–Trinajstić information content (AvgIpc) is 3.60. The number of hydrogen-bond donors (Lipinski definition) is 1. The summed E-state index contributed by atoms with van der Waals surface area (Å²) in [5, 5.41) is 2.70. The summed E-state index contributed by atoms with van der Waals surface area (Å²) >= 11 is 6.15. The molecule has 1 aliphatic rings. The van der Waals surface area contributed by atoms with Crippen LogP contribution in [0.3, 0.4) is 0 Å². The summed E-state index contributed by atoms with van der Waals surface area (Å²) in [6.45, 7) is 0.161. The molecule has 3 rings (SSSR count). The third-order valence-electron chi connectivity index (χ3n) is 6.56. The number of amides is 1. The van der Waals surface area contributed by atoms with E-state index in [0.717, 1.165) is 0 Å². The molecule has 1 fully saturated rings. The molecule has 1 aromatic carbocycles. The van der Waals surface area contributed by atoms with E-state index in [4.69, 9.17) is 16.3 Å². The summed E-state index contributed by atoms with van der Waals surface area (Å²) < 4.78 is 60.8. The van der Waals surface area contributed by atoms with Gasteiger partial charge in [-0.2, -0.15) is 13.2 Å². The Labute approximate surface area is 201 Å². The lowest BCUT2D eigenvalue weighted by Crippen LogP contribution is -2.42. The molecule has 0 saturated heterocycles. The Morgan fingerprint density at radius 3 is 2.53 bits per heavy atom. The highest BCUT2D eigenvalue weighted by Gasteiger charge is 2.67. The van der Waals surface area contributed by atoms with E-state index in [1.165, 1.54) is 25.6 Å². The predicted octanol–water partition coefficient (Wildman–Crippen LogP) is 4.99. The zero-order valence-electron chi connectivity index (χ0n) is 19.3. The van der Waals surface area contributed by atoms with Crippen LogP contribution >= 0.6 is 11.6 Å². The van der Waals surface area contributed by atoms with E-state index < -0.39 is 29.2 Å². The maximum Gasteiger partial charge on any atom is 0.395 e. The van der Waals surface area contributed by atoms with Gasteiger partial charge in [0.25, 0.3) is 0 Å². The third kappa shape index (κ3) is 5.63. The van der Waals surface area contributed by atoms with Crippen molar-refractivity contribution in [2.24, 2.45) is 5.41 Å². The zero-order chi connectivity index (χ0) is 25.1. The quantitative estimate of drug-likeness (QED) is 0.466. The van der Waals surface area contributed by atoms with E-state index in [-0.39, 0.29) is 42.6 Å². The zero-order valence-corrected chi connectivity index (χ0v) is 20.0. The van der Waals surface area contributed by atoms with Gasteiger partial charge in [0, 0.05) is 37.3 Å². The first-order chi connectivity index (χ1) is 16.0. The fraction of sp³-hybridized carbons (Fsp3) is 0.500. The minimum atomic E-state index is -4.41. The molecule has 0 spiro atoms. The topological polar surface area (TPSA) is 54.5 Å². The number of likely N-dealkylation sites (N-methyl/N-ethyl adjacent to an activating group) is 1. The largest absolute Gasteiger partial charge is 0.494 e. The van der Waals surface area contributed by atoms with Crippen molar-refractivity contribution in [3.05, 3.63) is 58.6 Å². The van der Waals surface area contributed by atoms with Crippen LogP contribution in [0.4, 0.5) is 17.6 Å². The molecule has 1 N–H and O–H groups in total. The summed E-state index contributed by atoms with van der Waals surface area (Å²) in [6.07, 6.45) is -1.52. The van der Waals surface area contributed by atoms with Crippen LogP contribution in [0.2, 0.25) is 5.02 Å². The number of nitrogens with one attached hydrogen (secondary N) is 1. The number of ether oxygens (including phenoxy) is 1. The lowest BCUT2D eigenvalue weighted by molar-refractivity contribution is -0.194. The van der Waals surface area contributed by atoms with Gasteiger partial charge in [0.2, 0.25) is 5.91 Å². The van der Waals surface area contributed by atoms with Crippen molar-refractivity contribution in [2.75, 3.05) is 27.7 Å². The fourth-order valence-electron chi connectivity index (χ4n) is 4.25. The lowest BCUT2D eigenvalue weighted by Gasteiger charge is -2.30. The number of pyridine rings is 1. The van der Waals surface area contributed by atoms with Crippen LogP contribution in [0.15, 0.2) is 36.7 Å². The molecule has 0 radical (unpaired) electrons. The monoisotopic (exact) mass is 501 g/mol. The van der Waals surface area contributed by atoms with Crippen LogP contribution in [0.25, 0.3) is 0 Å². The van der Waals surface area contributed by atoms with Gasteiger partial charge in [-0.1, -0.05) is 23.7 Å². The maximum absolute atomic E-state index is 14.3. The Hall–Kier alpha value is -2.39. The Kier molecular flexibility index (Phi) is 8.08. The number of aromatic nitrogens is 1. The molecular formula is C24H28ClF4N3O2. The smallest absolute Gasteiger partial charge is 0.395 e. The molecule has 10 heteroatoms. The van der Waals surface area contributed by atoms with Crippen LogP contribution in [-0.4, -0.2) is 55.8 Å². The van der Waals surface area contributed by atoms with Gasteiger partial charge in [-0.25, -0.2) is 4.39 Å². The summed E-state index contributed by atoms with van der Waals surface area (Å²) in [5.74, 6) is -2.12. The Balaban J connectivity index is 1.70. The van der Waals surface area contributed by atoms with Crippen molar-refractivity contribution in [2.45, 2.75) is 43.8 Å². The standard InChI is InChI=1S/C24H28ClF4N3O2/c1-32(2)17(11-15-6-7-19(34-3)22(26)21(15)25)14-31-20(33)12-18(16-5-4-10-30-13-16)23(8-9-23)24(27,28)29/h4-7,10,13,17-18H,8-9,11-12,14H2,1-3H3,(H,31,33)/t17-,18+/m0/s1. The molecule has 1 aliphatic carbocycles. The van der Waals surface area contributed by atoms with Crippen molar-refractivity contribution in [1.29, 1.82) is 0 Å². The predicted molar refractivity (Wildman–Crippen MR) is 121 cm³/mol. The minimum Gasteiger partial charge on any atom is -0.494 e. The van der Waals surface area contributed by atoms with Crippen LogP contribution < -0.4 is 10.1 Å². The van der Waals surface area contributed by atoms with Crippen molar-refractivity contribution < 1.29 is 27.1 Å². The first-order valence-corrected chi connectivity index (χ1v) is 11.3. The number of halogens is 5. The van der Waals surface area contributed by atoms with E-state index in [1.54, 1.807) is 32.3 Å². The second-order valence-corrected chi connectivity index (χ2v) is 9.26. The van der Waals surface area contributed by atoms with E-state index in [0.29, 0.717) is 17.5 Å². The molecule has 5 nitrogen and oxygen atoms in total. The Bertz CT molecular complexity index is 998. The van der Waals surface area contributed by atoms with Crippen LogP contribution in [-0.2, 0) is 11.2 Å². The average molecular weight is 502 g/mol. The van der Waals surface area contributed by atoms with Gasteiger partial charge >= 0.3 is 6.18 Å². The number of alkyl halides is 3. The number of benzene rings is 1. The van der Waals surface area contributed by atoms with E-state index in [9.17, 15) is 22.4 Å². The van der Waals surface area contributed by atoms with Crippen LogP contribution in [0, 0.1) is 11.2 Å². The highest BCUT2D eigenvalue weighted by atomic mass is 35.5. The van der Waals surface area contributed by atoms with Crippen LogP contribution in [0.1, 0.15) is 36.3 Å². The second kappa shape index (κ2) is 10.5. The minimum absolute atomic E-state index is 0.00873. The molecule has 0 aliphatic heterocycles. The van der Waals surface area contributed by atoms with E-state index >= 15 is 0 Å². The number of nitrogens with zero attached hydrogens (tertiary/aromatic N) is 2. The van der Waals surface area contributed by atoms with Gasteiger partial charge in [0.05, 0.1) is 17.5 Å². The van der Waals surface area contributed by atoms with Crippen molar-refractivity contribution in [3.63, 3.8) is 0 Å². The molecule has 0 bridgehead atoms. The van der Waals surface area contributed by atoms with Gasteiger partial charge < -0.3 is 15.0 Å². The highest BCUT2D eigenvalue weighted by Crippen LogP contribution is 2.66. The normalized spacial score (nSPS) is 16.7. The molecule has 1 amide bonds. The summed E-state index contributed by atoms with van der Waals surface area (Å²) in [6, 6.07) is 6.03. The second-order valence-electron chi connectivity index (χ2n) is 8.88. The first kappa shape index (κ1) is 26.2. The van der Waals surface area contributed by atoms with E-state index in [1.807, 2.05) is 4.90 Å². The number of hydrogen-bond acceptors (Lipinski definition) is 4. The maximum atomic E-state index is 14.3. The van der Waals surface area contributed by atoms with Gasteiger partial charge in [0.1, 0.15) is 0 Å². The Morgan fingerprint density at radius 2 is 2.00 bits per heavy atom.